The summed E-state index contributed by atoms with van der Waals surface area (Å²) in [7, 11) is -1.03. The van der Waals surface area contributed by atoms with E-state index >= 15 is 0 Å². The normalized spacial score (nSPS) is 21.6. The molecule has 2 rings (SSSR count). The summed E-state index contributed by atoms with van der Waals surface area (Å²) >= 11 is 0. The summed E-state index contributed by atoms with van der Waals surface area (Å²) in [5, 5.41) is 11.9. The molecule has 0 saturated carbocycles. The zero-order valence-electron chi connectivity index (χ0n) is 9.89. The molecule has 96 valence electrons. The molecule has 0 aliphatic carbocycles. The highest BCUT2D eigenvalue weighted by Gasteiger charge is 2.17. The van der Waals surface area contributed by atoms with E-state index in [0.29, 0.717) is 16.8 Å². The largest absolute Gasteiger partial charge is 0.313 e. The van der Waals surface area contributed by atoms with Crippen molar-refractivity contribution in [3.63, 3.8) is 0 Å². The van der Waals surface area contributed by atoms with Crippen molar-refractivity contribution in [1.82, 2.24) is 15.5 Å². The number of hydrogen-bond donors (Lipinski definition) is 1. The lowest BCUT2D eigenvalue weighted by Crippen LogP contribution is -2.38. The van der Waals surface area contributed by atoms with Gasteiger partial charge in [0.1, 0.15) is 5.03 Å². The van der Waals surface area contributed by atoms with Crippen LogP contribution >= 0.6 is 12.4 Å². The fourth-order valence-electron chi connectivity index (χ4n) is 1.84. The predicted molar refractivity (Wildman–Crippen MR) is 70.9 cm³/mol. The second-order valence-corrected chi connectivity index (χ2v) is 5.61. The summed E-state index contributed by atoms with van der Waals surface area (Å²) in [6, 6.07) is 4.04. The SMILES string of the molecule is Cc1ccc(S(=O)CC2CCCCN2)nn1.Cl. The molecule has 1 fully saturated rings. The Kier molecular flexibility index (Phi) is 6.02. The molecule has 1 aliphatic rings. The minimum absolute atomic E-state index is 0. The smallest absolute Gasteiger partial charge is 0.149 e. The Bertz CT molecular complexity index is 365. The number of nitrogens with one attached hydrogen (secondary N) is 1. The van der Waals surface area contributed by atoms with Gasteiger partial charge < -0.3 is 5.32 Å². The Balaban J connectivity index is 0.00000144. The summed E-state index contributed by atoms with van der Waals surface area (Å²) in [5.74, 6) is 0.651. The lowest BCUT2D eigenvalue weighted by atomic mass is 10.1. The maximum atomic E-state index is 12.0. The van der Waals surface area contributed by atoms with Gasteiger partial charge >= 0.3 is 0 Å². The van der Waals surface area contributed by atoms with E-state index < -0.39 is 10.8 Å². The van der Waals surface area contributed by atoms with Gasteiger partial charge in [0.25, 0.3) is 0 Å². The summed E-state index contributed by atoms with van der Waals surface area (Å²) in [6.45, 7) is 2.92. The van der Waals surface area contributed by atoms with E-state index in [2.05, 4.69) is 15.5 Å². The maximum Gasteiger partial charge on any atom is 0.149 e. The Morgan fingerprint density at radius 3 is 2.82 bits per heavy atom. The molecular formula is C11H18ClN3OS. The third-order valence-corrected chi connectivity index (χ3v) is 4.16. The molecule has 0 amide bonds. The summed E-state index contributed by atoms with van der Waals surface area (Å²) in [4.78, 5) is 0. The van der Waals surface area contributed by atoms with E-state index in [4.69, 9.17) is 0 Å². The molecule has 1 aromatic rings. The molecule has 6 heteroatoms. The van der Waals surface area contributed by atoms with E-state index in [1.165, 1.54) is 12.8 Å². The van der Waals surface area contributed by atoms with Gasteiger partial charge in [0.2, 0.25) is 0 Å². The lowest BCUT2D eigenvalue weighted by molar-refractivity contribution is 0.427. The van der Waals surface area contributed by atoms with Gasteiger partial charge in [-0.2, -0.15) is 5.10 Å². The van der Waals surface area contributed by atoms with Crippen LogP contribution in [0.2, 0.25) is 0 Å². The van der Waals surface area contributed by atoms with Crippen molar-refractivity contribution >= 4 is 23.2 Å². The Labute approximate surface area is 110 Å². The van der Waals surface area contributed by atoms with E-state index in [9.17, 15) is 4.21 Å². The zero-order chi connectivity index (χ0) is 11.4. The van der Waals surface area contributed by atoms with Crippen LogP contribution in [0.3, 0.4) is 0 Å². The molecule has 1 N–H and O–H groups in total. The van der Waals surface area contributed by atoms with Crippen LogP contribution in [0, 0.1) is 6.92 Å². The highest BCUT2D eigenvalue weighted by molar-refractivity contribution is 7.85. The molecular weight excluding hydrogens is 258 g/mol. The second-order valence-electron chi connectivity index (χ2n) is 4.17. The predicted octanol–water partition coefficient (Wildman–Crippen LogP) is 1.46. The first-order valence-electron chi connectivity index (χ1n) is 5.68. The number of nitrogens with zero attached hydrogens (tertiary/aromatic N) is 2. The van der Waals surface area contributed by atoms with Crippen LogP contribution < -0.4 is 5.32 Å². The maximum absolute atomic E-state index is 12.0. The van der Waals surface area contributed by atoms with Crippen LogP contribution in [0.5, 0.6) is 0 Å². The molecule has 2 heterocycles. The molecule has 1 aromatic heterocycles. The lowest BCUT2D eigenvalue weighted by Gasteiger charge is -2.22. The van der Waals surface area contributed by atoms with Gasteiger partial charge in [0.15, 0.2) is 0 Å². The third kappa shape index (κ3) is 4.33. The van der Waals surface area contributed by atoms with Crippen LogP contribution in [-0.2, 0) is 10.8 Å². The molecule has 1 aliphatic heterocycles. The van der Waals surface area contributed by atoms with Crippen LogP contribution in [0.1, 0.15) is 25.0 Å². The first-order valence-corrected chi connectivity index (χ1v) is 7.00. The molecule has 2 unspecified atom stereocenters. The van der Waals surface area contributed by atoms with Crippen molar-refractivity contribution in [2.45, 2.75) is 37.3 Å². The van der Waals surface area contributed by atoms with Crippen molar-refractivity contribution in [3.05, 3.63) is 17.8 Å². The van der Waals surface area contributed by atoms with Crippen molar-refractivity contribution in [1.29, 1.82) is 0 Å². The minimum atomic E-state index is -1.03. The molecule has 0 bridgehead atoms. The monoisotopic (exact) mass is 275 g/mol. The van der Waals surface area contributed by atoms with Crippen molar-refractivity contribution < 1.29 is 4.21 Å². The van der Waals surface area contributed by atoms with Crippen molar-refractivity contribution in [2.75, 3.05) is 12.3 Å². The quantitative estimate of drug-likeness (QED) is 0.907. The summed E-state index contributed by atoms with van der Waals surface area (Å²) < 4.78 is 12.0. The van der Waals surface area contributed by atoms with Gasteiger partial charge in [-0.3, -0.25) is 4.21 Å². The first-order chi connectivity index (χ1) is 7.75. The van der Waals surface area contributed by atoms with Gasteiger partial charge in [0.05, 0.1) is 16.5 Å². The number of hydrogen-bond acceptors (Lipinski definition) is 4. The minimum Gasteiger partial charge on any atom is -0.313 e. The zero-order valence-corrected chi connectivity index (χ0v) is 11.5. The van der Waals surface area contributed by atoms with Gasteiger partial charge in [-0.25, -0.2) is 0 Å². The van der Waals surface area contributed by atoms with Gasteiger partial charge in [-0.05, 0) is 38.4 Å². The van der Waals surface area contributed by atoms with Crippen LogP contribution in [-0.4, -0.2) is 32.7 Å². The number of rotatable bonds is 3. The summed E-state index contributed by atoms with van der Waals surface area (Å²) in [6.07, 6.45) is 3.58. The van der Waals surface area contributed by atoms with E-state index in [1.807, 2.05) is 13.0 Å². The topological polar surface area (TPSA) is 54.9 Å². The number of piperidine rings is 1. The molecule has 0 spiro atoms. The molecule has 1 saturated heterocycles. The van der Waals surface area contributed by atoms with Gasteiger partial charge in [-0.15, -0.1) is 17.5 Å². The highest BCUT2D eigenvalue weighted by Crippen LogP contribution is 2.11. The van der Waals surface area contributed by atoms with E-state index in [1.54, 1.807) is 6.07 Å². The van der Waals surface area contributed by atoms with Crippen LogP contribution in [0.4, 0.5) is 0 Å². The third-order valence-electron chi connectivity index (χ3n) is 2.77. The molecule has 0 aromatic carbocycles. The Morgan fingerprint density at radius 1 is 1.41 bits per heavy atom. The van der Waals surface area contributed by atoms with Gasteiger partial charge in [-0.1, -0.05) is 6.42 Å². The molecule has 0 radical (unpaired) electrons. The van der Waals surface area contributed by atoms with E-state index in [0.717, 1.165) is 18.7 Å². The fraction of sp³-hybridized carbons (Fsp3) is 0.636. The average molecular weight is 276 g/mol. The number of aromatic nitrogens is 2. The fourth-order valence-corrected chi connectivity index (χ4v) is 3.01. The molecule has 2 atom stereocenters. The van der Waals surface area contributed by atoms with Gasteiger partial charge in [0, 0.05) is 11.8 Å². The van der Waals surface area contributed by atoms with E-state index in [-0.39, 0.29) is 12.4 Å². The summed E-state index contributed by atoms with van der Waals surface area (Å²) in [5.41, 5.74) is 0.858. The van der Waals surface area contributed by atoms with Crippen LogP contribution in [0.25, 0.3) is 0 Å². The van der Waals surface area contributed by atoms with Crippen LogP contribution in [0.15, 0.2) is 17.2 Å². The Morgan fingerprint density at radius 2 is 2.24 bits per heavy atom. The standard InChI is InChI=1S/C11H17N3OS.ClH/c1-9-5-6-11(14-13-9)16(15)8-10-4-2-3-7-12-10;/h5-6,10,12H,2-4,7-8H2,1H3;1H. The van der Waals surface area contributed by atoms with Crippen molar-refractivity contribution in [3.8, 4) is 0 Å². The molecule has 17 heavy (non-hydrogen) atoms. The highest BCUT2D eigenvalue weighted by atomic mass is 35.5. The van der Waals surface area contributed by atoms with Crippen molar-refractivity contribution in [2.24, 2.45) is 0 Å². The number of aryl methyl sites for hydroxylation is 1. The first kappa shape index (κ1) is 14.5. The average Bonchev–Trinajstić information content (AvgIpc) is 2.31. The Hall–Kier alpha value is -0.520. The molecule has 4 nitrogen and oxygen atoms in total. The number of halogens is 1. The second kappa shape index (κ2) is 7.03.